The molecule has 0 aliphatic carbocycles. The number of aliphatic carboxylic acids is 1. The zero-order valence-corrected chi connectivity index (χ0v) is 8.15. The van der Waals surface area contributed by atoms with Gasteiger partial charge in [-0.3, -0.25) is 4.79 Å². The van der Waals surface area contributed by atoms with Gasteiger partial charge in [0, 0.05) is 6.07 Å². The van der Waals surface area contributed by atoms with Gasteiger partial charge in [0.15, 0.2) is 0 Å². The molecule has 0 spiro atoms. The fourth-order valence-corrected chi connectivity index (χ4v) is 1.23. The van der Waals surface area contributed by atoms with Crippen molar-refractivity contribution in [2.24, 2.45) is 0 Å². The van der Waals surface area contributed by atoms with Crippen LogP contribution in [0.1, 0.15) is 11.1 Å². The van der Waals surface area contributed by atoms with E-state index in [0.717, 1.165) is 0 Å². The van der Waals surface area contributed by atoms with E-state index in [-0.39, 0.29) is 12.1 Å². The first-order chi connectivity index (χ1) is 7.08. The second-order valence-electron chi connectivity index (χ2n) is 2.93. The third-order valence-corrected chi connectivity index (χ3v) is 1.92. The van der Waals surface area contributed by atoms with Crippen molar-refractivity contribution in [3.05, 3.63) is 23.3 Å². The summed E-state index contributed by atoms with van der Waals surface area (Å²) in [6, 6.07) is 4.84. The lowest BCUT2D eigenvalue weighted by Gasteiger charge is -2.09. The lowest BCUT2D eigenvalue weighted by atomic mass is 10.1. The maximum Gasteiger partial charge on any atom is 0.307 e. The summed E-state index contributed by atoms with van der Waals surface area (Å²) >= 11 is 0. The first-order valence-corrected chi connectivity index (χ1v) is 4.16. The lowest BCUT2D eigenvalue weighted by molar-refractivity contribution is -0.136. The van der Waals surface area contributed by atoms with Gasteiger partial charge in [-0.25, -0.2) is 0 Å². The van der Waals surface area contributed by atoms with Crippen molar-refractivity contribution in [3.8, 4) is 11.8 Å². The van der Waals surface area contributed by atoms with Crippen LogP contribution in [0, 0.1) is 11.3 Å². The predicted molar refractivity (Wildman–Crippen MR) is 53.5 cm³/mol. The van der Waals surface area contributed by atoms with E-state index in [4.69, 9.17) is 20.8 Å². The number of nitrogen functional groups attached to an aromatic ring is 1. The number of benzene rings is 1. The van der Waals surface area contributed by atoms with E-state index >= 15 is 0 Å². The number of hydrogen-bond donors (Lipinski definition) is 2. The van der Waals surface area contributed by atoms with E-state index in [0.29, 0.717) is 16.9 Å². The average molecular weight is 206 g/mol. The summed E-state index contributed by atoms with van der Waals surface area (Å²) in [6.07, 6.45) is -0.224. The molecule has 5 heteroatoms. The molecule has 15 heavy (non-hydrogen) atoms. The van der Waals surface area contributed by atoms with Gasteiger partial charge in [0.05, 0.1) is 30.9 Å². The van der Waals surface area contributed by atoms with Crippen molar-refractivity contribution in [2.45, 2.75) is 6.42 Å². The lowest BCUT2D eigenvalue weighted by Crippen LogP contribution is -2.05. The summed E-state index contributed by atoms with van der Waals surface area (Å²) in [7, 11) is 1.41. The molecule has 0 atom stereocenters. The molecule has 0 aromatic heterocycles. The molecule has 78 valence electrons. The van der Waals surface area contributed by atoms with Crippen molar-refractivity contribution in [1.82, 2.24) is 0 Å². The molecule has 1 aromatic rings. The van der Waals surface area contributed by atoms with Gasteiger partial charge in [-0.2, -0.15) is 5.26 Å². The number of carboxylic acid groups (broad SMARTS) is 1. The topological polar surface area (TPSA) is 96.3 Å². The Hall–Kier alpha value is -2.22. The molecule has 0 aliphatic heterocycles. The van der Waals surface area contributed by atoms with Crippen molar-refractivity contribution >= 4 is 11.7 Å². The van der Waals surface area contributed by atoms with Gasteiger partial charge in [-0.1, -0.05) is 0 Å². The van der Waals surface area contributed by atoms with Gasteiger partial charge < -0.3 is 15.6 Å². The average Bonchev–Trinajstić information content (AvgIpc) is 2.20. The summed E-state index contributed by atoms with van der Waals surface area (Å²) in [5, 5.41) is 17.4. The monoisotopic (exact) mass is 206 g/mol. The summed E-state index contributed by atoms with van der Waals surface area (Å²) in [5.41, 5.74) is 6.65. The Morgan fingerprint density at radius 1 is 1.67 bits per heavy atom. The number of nitrogens with zero attached hydrogens (tertiary/aromatic N) is 1. The first-order valence-electron chi connectivity index (χ1n) is 4.16. The Labute approximate surface area is 86.7 Å². The van der Waals surface area contributed by atoms with E-state index in [9.17, 15) is 4.79 Å². The van der Waals surface area contributed by atoms with Gasteiger partial charge in [0.2, 0.25) is 0 Å². The molecule has 5 nitrogen and oxygen atoms in total. The first kappa shape index (κ1) is 10.9. The minimum absolute atomic E-state index is 0.224. The Morgan fingerprint density at radius 3 is 2.80 bits per heavy atom. The number of nitriles is 1. The fraction of sp³-hybridized carbons (Fsp3) is 0.200. The maximum absolute atomic E-state index is 10.5. The van der Waals surface area contributed by atoms with Crippen LogP contribution in [0.5, 0.6) is 5.75 Å². The number of methoxy groups -OCH3 is 1. The van der Waals surface area contributed by atoms with Crippen LogP contribution in [0.25, 0.3) is 0 Å². The maximum atomic E-state index is 10.5. The van der Waals surface area contributed by atoms with Crippen molar-refractivity contribution in [2.75, 3.05) is 12.8 Å². The van der Waals surface area contributed by atoms with Crippen LogP contribution in [0.15, 0.2) is 12.1 Å². The Kier molecular flexibility index (Phi) is 3.13. The van der Waals surface area contributed by atoms with E-state index in [1.165, 1.54) is 19.2 Å². The molecule has 0 aliphatic rings. The molecule has 0 heterocycles. The second-order valence-corrected chi connectivity index (χ2v) is 2.93. The highest BCUT2D eigenvalue weighted by atomic mass is 16.5. The molecule has 0 bridgehead atoms. The van der Waals surface area contributed by atoms with Crippen LogP contribution in [0.4, 0.5) is 5.69 Å². The fourth-order valence-electron chi connectivity index (χ4n) is 1.23. The van der Waals surface area contributed by atoms with Crippen LogP contribution < -0.4 is 10.5 Å². The smallest absolute Gasteiger partial charge is 0.307 e. The SMILES string of the molecule is COc1cc(C#N)cc(CC(=O)O)c1N. The summed E-state index contributed by atoms with van der Waals surface area (Å²) in [4.78, 5) is 10.5. The van der Waals surface area contributed by atoms with Gasteiger partial charge in [-0.15, -0.1) is 0 Å². The van der Waals surface area contributed by atoms with Crippen molar-refractivity contribution in [1.29, 1.82) is 5.26 Å². The molecular formula is C10H10N2O3. The zero-order chi connectivity index (χ0) is 11.4. The number of anilines is 1. The molecule has 0 saturated carbocycles. The largest absolute Gasteiger partial charge is 0.495 e. The second kappa shape index (κ2) is 4.33. The van der Waals surface area contributed by atoms with Crippen LogP contribution >= 0.6 is 0 Å². The zero-order valence-electron chi connectivity index (χ0n) is 8.15. The molecule has 1 rings (SSSR count). The normalized spacial score (nSPS) is 9.33. The Morgan fingerprint density at radius 2 is 2.33 bits per heavy atom. The van der Waals surface area contributed by atoms with E-state index in [1.54, 1.807) is 0 Å². The molecule has 1 aromatic carbocycles. The van der Waals surface area contributed by atoms with E-state index in [1.807, 2.05) is 6.07 Å². The number of hydrogen-bond acceptors (Lipinski definition) is 4. The van der Waals surface area contributed by atoms with E-state index < -0.39 is 5.97 Å². The predicted octanol–water partition coefficient (Wildman–Crippen LogP) is 0.776. The number of carboxylic acids is 1. The quantitative estimate of drug-likeness (QED) is 0.712. The number of carbonyl (C=O) groups is 1. The molecule has 0 amide bonds. The Balaban J connectivity index is 3.25. The van der Waals surface area contributed by atoms with Crippen LogP contribution in [-0.4, -0.2) is 18.2 Å². The van der Waals surface area contributed by atoms with Gasteiger partial charge in [0.25, 0.3) is 0 Å². The van der Waals surface area contributed by atoms with E-state index in [2.05, 4.69) is 0 Å². The summed E-state index contributed by atoms with van der Waals surface area (Å²) in [6.45, 7) is 0. The van der Waals surface area contributed by atoms with Crippen molar-refractivity contribution < 1.29 is 14.6 Å². The van der Waals surface area contributed by atoms with Crippen molar-refractivity contribution in [3.63, 3.8) is 0 Å². The number of rotatable bonds is 3. The summed E-state index contributed by atoms with van der Waals surface area (Å²) in [5.74, 6) is -0.677. The molecule has 0 unspecified atom stereocenters. The molecule has 3 N–H and O–H groups in total. The standard InChI is InChI=1S/C10H10N2O3/c1-15-8-3-6(5-11)2-7(10(8)12)4-9(13)14/h2-3H,4,12H2,1H3,(H,13,14). The highest BCUT2D eigenvalue weighted by Crippen LogP contribution is 2.27. The summed E-state index contributed by atoms with van der Waals surface area (Å²) < 4.78 is 4.94. The highest BCUT2D eigenvalue weighted by molar-refractivity contribution is 5.75. The van der Waals surface area contributed by atoms with Gasteiger partial charge in [-0.05, 0) is 11.6 Å². The van der Waals surface area contributed by atoms with Crippen LogP contribution in [0.2, 0.25) is 0 Å². The Bertz CT molecular complexity index is 435. The highest BCUT2D eigenvalue weighted by Gasteiger charge is 2.11. The number of ether oxygens (including phenoxy) is 1. The third-order valence-electron chi connectivity index (χ3n) is 1.92. The molecule has 0 fully saturated rings. The van der Waals surface area contributed by atoms with Crippen LogP contribution in [0.3, 0.4) is 0 Å². The third kappa shape index (κ3) is 2.38. The molecule has 0 radical (unpaired) electrons. The van der Waals surface area contributed by atoms with Gasteiger partial charge >= 0.3 is 5.97 Å². The minimum Gasteiger partial charge on any atom is -0.495 e. The van der Waals surface area contributed by atoms with Gasteiger partial charge in [0.1, 0.15) is 5.75 Å². The minimum atomic E-state index is -1.00. The number of nitrogens with two attached hydrogens (primary N) is 1. The van der Waals surface area contributed by atoms with Crippen LogP contribution in [-0.2, 0) is 11.2 Å². The molecular weight excluding hydrogens is 196 g/mol. The molecule has 0 saturated heterocycles.